The van der Waals surface area contributed by atoms with E-state index in [1.54, 1.807) is 48.5 Å². The summed E-state index contributed by atoms with van der Waals surface area (Å²) >= 11 is 0. The predicted molar refractivity (Wildman–Crippen MR) is 130 cm³/mol. The van der Waals surface area contributed by atoms with Crippen molar-refractivity contribution in [1.29, 1.82) is 0 Å². The van der Waals surface area contributed by atoms with Crippen LogP contribution in [0.1, 0.15) is 31.8 Å². The van der Waals surface area contributed by atoms with Crippen molar-refractivity contribution >= 4 is 22.9 Å². The van der Waals surface area contributed by atoms with Gasteiger partial charge in [-0.3, -0.25) is 9.59 Å². The molecule has 0 amide bonds. The van der Waals surface area contributed by atoms with Crippen LogP contribution in [0.25, 0.3) is 11.1 Å². The quantitative estimate of drug-likeness (QED) is 0.311. The molecule has 0 fully saturated rings. The van der Waals surface area contributed by atoms with Crippen LogP contribution in [0.3, 0.4) is 0 Å². The zero-order chi connectivity index (χ0) is 22.5. The first-order valence-electron chi connectivity index (χ1n) is 10.4. The first-order chi connectivity index (χ1) is 15.5. The first-order valence-corrected chi connectivity index (χ1v) is 10.4. The molecule has 4 aromatic rings. The van der Waals surface area contributed by atoms with Gasteiger partial charge in [-0.2, -0.15) is 0 Å². The number of nitrogens with two attached hydrogens (primary N) is 2. The second-order valence-electron chi connectivity index (χ2n) is 7.84. The van der Waals surface area contributed by atoms with E-state index in [9.17, 15) is 9.59 Å². The number of carbonyl (C=O) groups is 2. The van der Waals surface area contributed by atoms with E-state index in [0.717, 1.165) is 22.3 Å². The van der Waals surface area contributed by atoms with Gasteiger partial charge in [0.1, 0.15) is 0 Å². The average molecular weight is 421 g/mol. The maximum Gasteiger partial charge on any atom is 0.167 e. The zero-order valence-corrected chi connectivity index (χ0v) is 17.6. The molecule has 4 N–H and O–H groups in total. The van der Waals surface area contributed by atoms with Gasteiger partial charge in [0, 0.05) is 35.3 Å². The van der Waals surface area contributed by atoms with Crippen molar-refractivity contribution in [3.05, 3.63) is 119 Å². The van der Waals surface area contributed by atoms with Crippen LogP contribution in [0.15, 0.2) is 97.1 Å². The highest BCUT2D eigenvalue weighted by Gasteiger charge is 2.09. The number of hydrogen-bond acceptors (Lipinski definition) is 4. The lowest BCUT2D eigenvalue weighted by Gasteiger charge is -2.07. The summed E-state index contributed by atoms with van der Waals surface area (Å²) in [4.78, 5) is 24.9. The van der Waals surface area contributed by atoms with Crippen LogP contribution in [0.2, 0.25) is 0 Å². The molecule has 0 aromatic heterocycles. The normalized spacial score (nSPS) is 10.6. The average Bonchev–Trinajstić information content (AvgIpc) is 2.81. The molecular weight excluding hydrogens is 396 g/mol. The Bertz CT molecular complexity index is 1120. The van der Waals surface area contributed by atoms with Crippen LogP contribution < -0.4 is 11.5 Å². The Balaban J connectivity index is 1.39. The molecule has 0 aliphatic heterocycles. The highest BCUT2D eigenvalue weighted by Crippen LogP contribution is 2.22. The molecule has 0 aliphatic carbocycles. The molecule has 0 radical (unpaired) electrons. The smallest absolute Gasteiger partial charge is 0.167 e. The van der Waals surface area contributed by atoms with Crippen molar-refractivity contribution in [2.45, 2.75) is 12.8 Å². The molecule has 0 atom stereocenters. The number of ketones is 2. The van der Waals surface area contributed by atoms with Crippen molar-refractivity contribution in [2.24, 2.45) is 0 Å². The maximum atomic E-state index is 12.5. The Labute approximate surface area is 187 Å². The predicted octanol–water partition coefficient (Wildman–Crippen LogP) is 5.37. The van der Waals surface area contributed by atoms with Gasteiger partial charge in [0.2, 0.25) is 0 Å². The third-order valence-electron chi connectivity index (χ3n) is 5.44. The second-order valence-corrected chi connectivity index (χ2v) is 7.84. The molecule has 4 rings (SSSR count). The topological polar surface area (TPSA) is 86.2 Å². The molecule has 4 aromatic carbocycles. The third-order valence-corrected chi connectivity index (χ3v) is 5.44. The lowest BCUT2D eigenvalue weighted by molar-refractivity contribution is 0.0985. The van der Waals surface area contributed by atoms with Crippen LogP contribution in [0, 0.1) is 0 Å². The second kappa shape index (κ2) is 9.31. The number of nitrogen functional groups attached to an aromatic ring is 2. The van der Waals surface area contributed by atoms with Crippen molar-refractivity contribution in [1.82, 2.24) is 0 Å². The molecule has 158 valence electrons. The van der Waals surface area contributed by atoms with E-state index >= 15 is 0 Å². The highest BCUT2D eigenvalue weighted by atomic mass is 16.1. The lowest BCUT2D eigenvalue weighted by atomic mass is 9.97. The van der Waals surface area contributed by atoms with Gasteiger partial charge < -0.3 is 11.5 Å². The fraction of sp³-hybridized carbons (Fsp3) is 0.0714. The fourth-order valence-corrected chi connectivity index (χ4v) is 3.54. The summed E-state index contributed by atoms with van der Waals surface area (Å²) in [5, 5.41) is 0. The Morgan fingerprint density at radius 2 is 0.781 bits per heavy atom. The van der Waals surface area contributed by atoms with E-state index < -0.39 is 0 Å². The minimum Gasteiger partial charge on any atom is -0.399 e. The fourth-order valence-electron chi connectivity index (χ4n) is 3.54. The molecule has 0 saturated carbocycles. The molecule has 0 spiro atoms. The molecule has 0 unspecified atom stereocenters. The molecule has 0 heterocycles. The van der Waals surface area contributed by atoms with E-state index in [1.807, 2.05) is 48.5 Å². The van der Waals surface area contributed by atoms with E-state index in [0.29, 0.717) is 35.3 Å². The van der Waals surface area contributed by atoms with Gasteiger partial charge in [0.15, 0.2) is 11.6 Å². The number of Topliss-reactive ketones (excluding diaryl/α,β-unsaturated/α-hetero) is 2. The monoisotopic (exact) mass is 420 g/mol. The highest BCUT2D eigenvalue weighted by molar-refractivity contribution is 5.98. The van der Waals surface area contributed by atoms with Gasteiger partial charge in [-0.1, -0.05) is 48.5 Å². The lowest BCUT2D eigenvalue weighted by Crippen LogP contribution is -2.04. The van der Waals surface area contributed by atoms with Crippen molar-refractivity contribution in [3.8, 4) is 11.1 Å². The standard InChI is InChI=1S/C28H24N2O2/c29-25-13-9-23(10-14-25)27(31)17-19-1-5-21(6-2-19)22-7-3-20(4-8-22)18-28(32)24-11-15-26(30)16-12-24/h1-16H,17-18,29-30H2. The number of benzene rings is 4. The number of rotatable bonds is 7. The van der Waals surface area contributed by atoms with Gasteiger partial charge in [-0.25, -0.2) is 0 Å². The Hall–Kier alpha value is -4.18. The summed E-state index contributed by atoms with van der Waals surface area (Å²) in [7, 11) is 0. The molecule has 4 heteroatoms. The largest absolute Gasteiger partial charge is 0.399 e. The number of hydrogen-bond donors (Lipinski definition) is 2. The van der Waals surface area contributed by atoms with Crippen molar-refractivity contribution in [3.63, 3.8) is 0 Å². The third kappa shape index (κ3) is 5.10. The summed E-state index contributed by atoms with van der Waals surface area (Å²) in [5.41, 5.74) is 18.0. The number of carbonyl (C=O) groups excluding carboxylic acids is 2. The van der Waals surface area contributed by atoms with E-state index in [4.69, 9.17) is 11.5 Å². The van der Waals surface area contributed by atoms with Crippen LogP contribution in [0.4, 0.5) is 11.4 Å². The minimum atomic E-state index is 0.0628. The number of anilines is 2. The Morgan fingerprint density at radius 3 is 1.09 bits per heavy atom. The zero-order valence-electron chi connectivity index (χ0n) is 17.6. The molecular formula is C28H24N2O2. The van der Waals surface area contributed by atoms with E-state index in [1.165, 1.54) is 0 Å². The van der Waals surface area contributed by atoms with Crippen LogP contribution in [-0.2, 0) is 12.8 Å². The SMILES string of the molecule is Nc1ccc(C(=O)Cc2ccc(-c3ccc(CC(=O)c4ccc(N)cc4)cc3)cc2)cc1. The summed E-state index contributed by atoms with van der Waals surface area (Å²) in [5.74, 6) is 0.126. The van der Waals surface area contributed by atoms with Crippen molar-refractivity contribution in [2.75, 3.05) is 11.5 Å². The van der Waals surface area contributed by atoms with Crippen LogP contribution >= 0.6 is 0 Å². The van der Waals surface area contributed by atoms with Gasteiger partial charge in [0.05, 0.1) is 0 Å². The summed E-state index contributed by atoms with van der Waals surface area (Å²) in [6.45, 7) is 0. The van der Waals surface area contributed by atoms with Gasteiger partial charge in [-0.05, 0) is 70.8 Å². The first kappa shape index (κ1) is 21.1. The Morgan fingerprint density at radius 1 is 0.469 bits per heavy atom. The molecule has 0 saturated heterocycles. The molecule has 32 heavy (non-hydrogen) atoms. The van der Waals surface area contributed by atoms with Crippen LogP contribution in [-0.4, -0.2) is 11.6 Å². The Kier molecular flexibility index (Phi) is 6.13. The van der Waals surface area contributed by atoms with Crippen LogP contribution in [0.5, 0.6) is 0 Å². The van der Waals surface area contributed by atoms with E-state index in [-0.39, 0.29) is 11.6 Å². The van der Waals surface area contributed by atoms with Gasteiger partial charge in [0.25, 0.3) is 0 Å². The maximum absolute atomic E-state index is 12.5. The van der Waals surface area contributed by atoms with Crippen molar-refractivity contribution < 1.29 is 9.59 Å². The van der Waals surface area contributed by atoms with E-state index in [2.05, 4.69) is 0 Å². The molecule has 4 nitrogen and oxygen atoms in total. The van der Waals surface area contributed by atoms with Gasteiger partial charge in [-0.15, -0.1) is 0 Å². The summed E-state index contributed by atoms with van der Waals surface area (Å²) in [6.07, 6.45) is 0.687. The summed E-state index contributed by atoms with van der Waals surface area (Å²) in [6, 6.07) is 29.9. The van der Waals surface area contributed by atoms with Gasteiger partial charge >= 0.3 is 0 Å². The molecule has 0 aliphatic rings. The minimum absolute atomic E-state index is 0.0628. The summed E-state index contributed by atoms with van der Waals surface area (Å²) < 4.78 is 0. The molecule has 0 bridgehead atoms.